The number of furan rings is 1. The van der Waals surface area contributed by atoms with Gasteiger partial charge in [-0.2, -0.15) is 0 Å². The summed E-state index contributed by atoms with van der Waals surface area (Å²) in [5.41, 5.74) is 3.06. The Morgan fingerprint density at radius 2 is 2.16 bits per heavy atom. The van der Waals surface area contributed by atoms with Gasteiger partial charge in [0.1, 0.15) is 16.4 Å². The monoisotopic (exact) mass is 448 g/mol. The molecule has 6 nitrogen and oxygen atoms in total. The highest BCUT2D eigenvalue weighted by molar-refractivity contribution is 7.18. The molecule has 164 valence electrons. The molecule has 32 heavy (non-hydrogen) atoms. The van der Waals surface area contributed by atoms with E-state index in [0.29, 0.717) is 17.5 Å². The number of ether oxygens (including phenoxy) is 1. The number of esters is 1. The summed E-state index contributed by atoms with van der Waals surface area (Å²) in [6.45, 7) is 4.46. The summed E-state index contributed by atoms with van der Waals surface area (Å²) in [6.07, 6.45) is 2.99. The van der Waals surface area contributed by atoms with Crippen LogP contribution >= 0.6 is 11.3 Å². The van der Waals surface area contributed by atoms with E-state index in [9.17, 15) is 9.59 Å². The topological polar surface area (TPSA) is 74.3 Å². The summed E-state index contributed by atoms with van der Waals surface area (Å²) < 4.78 is 12.1. The van der Waals surface area contributed by atoms with Crippen molar-refractivity contribution in [2.24, 2.45) is 5.92 Å². The lowest BCUT2D eigenvalue weighted by Gasteiger charge is -2.17. The minimum absolute atomic E-state index is 0.0606. The van der Waals surface area contributed by atoms with Gasteiger partial charge in [-0.25, -0.2) is 9.78 Å². The Hall–Kier alpha value is -3.19. The maximum Gasteiger partial charge on any atom is 0.373 e. The molecular formula is C25H24N2O4S. The summed E-state index contributed by atoms with van der Waals surface area (Å²) in [5.74, 6) is 1.30. The first-order chi connectivity index (χ1) is 15.4. The second-order valence-corrected chi connectivity index (χ2v) is 9.57. The molecule has 0 amide bonds. The normalized spacial score (nSPS) is 15.7. The third-order valence-corrected chi connectivity index (χ3v) is 7.20. The van der Waals surface area contributed by atoms with E-state index in [2.05, 4.69) is 6.92 Å². The van der Waals surface area contributed by atoms with Gasteiger partial charge in [-0.1, -0.05) is 30.7 Å². The quantitative estimate of drug-likeness (QED) is 0.411. The van der Waals surface area contributed by atoms with E-state index >= 15 is 0 Å². The van der Waals surface area contributed by atoms with Crippen molar-refractivity contribution in [3.05, 3.63) is 74.3 Å². The van der Waals surface area contributed by atoms with Crippen LogP contribution in [0.25, 0.3) is 21.6 Å². The molecule has 0 bridgehead atoms. The summed E-state index contributed by atoms with van der Waals surface area (Å²) in [5, 5.41) is 0.730. The van der Waals surface area contributed by atoms with E-state index in [0.717, 1.165) is 46.2 Å². The molecule has 1 unspecified atom stereocenters. The van der Waals surface area contributed by atoms with Gasteiger partial charge in [0.2, 0.25) is 5.76 Å². The maximum absolute atomic E-state index is 13.8. The van der Waals surface area contributed by atoms with Crippen molar-refractivity contribution < 1.29 is 13.9 Å². The first-order valence-corrected chi connectivity index (χ1v) is 11.6. The molecule has 7 heteroatoms. The number of methoxy groups -OCH3 is 1. The fraction of sp³-hybridized carbons (Fsp3) is 0.320. The van der Waals surface area contributed by atoms with Crippen LogP contribution in [0.5, 0.6) is 0 Å². The molecule has 1 atom stereocenters. The maximum atomic E-state index is 13.8. The van der Waals surface area contributed by atoms with Gasteiger partial charge in [0.05, 0.1) is 19.0 Å². The lowest BCUT2D eigenvalue weighted by atomic mass is 9.89. The number of aromatic nitrogens is 2. The molecule has 1 aliphatic carbocycles. The predicted molar refractivity (Wildman–Crippen MR) is 124 cm³/mol. The Morgan fingerprint density at radius 3 is 2.94 bits per heavy atom. The van der Waals surface area contributed by atoms with Crippen LogP contribution in [0, 0.1) is 12.8 Å². The Kier molecular flexibility index (Phi) is 5.21. The van der Waals surface area contributed by atoms with Gasteiger partial charge in [0.15, 0.2) is 0 Å². The van der Waals surface area contributed by atoms with Crippen LogP contribution < -0.4 is 5.56 Å². The highest BCUT2D eigenvalue weighted by atomic mass is 32.1. The summed E-state index contributed by atoms with van der Waals surface area (Å²) >= 11 is 1.65. The largest absolute Gasteiger partial charge is 0.463 e. The first kappa shape index (κ1) is 20.7. The second-order valence-electron chi connectivity index (χ2n) is 8.49. The zero-order valence-corrected chi connectivity index (χ0v) is 19.1. The van der Waals surface area contributed by atoms with E-state index in [4.69, 9.17) is 14.1 Å². The number of hydrogen-bond donors (Lipinski definition) is 0. The average molecular weight is 449 g/mol. The number of fused-ring (bicyclic) bond motifs is 3. The van der Waals surface area contributed by atoms with Crippen LogP contribution in [0.1, 0.15) is 45.7 Å². The molecular weight excluding hydrogens is 424 g/mol. The van der Waals surface area contributed by atoms with E-state index in [-0.39, 0.29) is 17.9 Å². The van der Waals surface area contributed by atoms with Crippen molar-refractivity contribution in [2.75, 3.05) is 7.11 Å². The Morgan fingerprint density at radius 1 is 1.31 bits per heavy atom. The molecule has 0 spiro atoms. The molecule has 1 aliphatic rings. The lowest BCUT2D eigenvalue weighted by molar-refractivity contribution is 0.0563. The fourth-order valence-electron chi connectivity index (χ4n) is 4.40. The molecule has 3 aromatic heterocycles. The van der Waals surface area contributed by atoms with Crippen LogP contribution in [0.2, 0.25) is 0 Å². The summed E-state index contributed by atoms with van der Waals surface area (Å²) in [7, 11) is 1.31. The van der Waals surface area contributed by atoms with Crippen molar-refractivity contribution >= 4 is 27.5 Å². The van der Waals surface area contributed by atoms with Gasteiger partial charge < -0.3 is 9.15 Å². The minimum atomic E-state index is -0.544. The molecule has 0 aliphatic heterocycles. The lowest BCUT2D eigenvalue weighted by Crippen LogP contribution is -2.24. The second kappa shape index (κ2) is 8.06. The van der Waals surface area contributed by atoms with E-state index in [1.165, 1.54) is 12.0 Å². The van der Waals surface area contributed by atoms with E-state index in [1.807, 2.05) is 31.2 Å². The SMILES string of the molecule is COC(=O)c1ccc(Cn2c(-c3cccc(C)c3)nc3sc4c(c3c2=O)CCC(C)C4)o1. The number of thiophene rings is 1. The van der Waals surface area contributed by atoms with Crippen LogP contribution in [0.15, 0.2) is 45.6 Å². The van der Waals surface area contributed by atoms with Crippen molar-refractivity contribution in [3.8, 4) is 11.4 Å². The highest BCUT2D eigenvalue weighted by Crippen LogP contribution is 2.36. The summed E-state index contributed by atoms with van der Waals surface area (Å²) in [6, 6.07) is 11.3. The molecule has 4 aromatic rings. The number of aryl methyl sites for hydroxylation is 2. The van der Waals surface area contributed by atoms with Crippen LogP contribution in [0.3, 0.4) is 0 Å². The summed E-state index contributed by atoms with van der Waals surface area (Å²) in [4.78, 5) is 32.7. The number of hydrogen-bond acceptors (Lipinski definition) is 6. The number of nitrogens with zero attached hydrogens (tertiary/aromatic N) is 2. The highest BCUT2D eigenvalue weighted by Gasteiger charge is 2.25. The molecule has 1 aromatic carbocycles. The van der Waals surface area contributed by atoms with E-state index in [1.54, 1.807) is 28.0 Å². The number of carbonyl (C=O) groups is 1. The standard InChI is InChI=1S/C25H24N2O4S/c1-14-5-4-6-16(11-14)22-26-23-21(18-9-7-15(2)12-20(18)32-23)24(28)27(22)13-17-8-10-19(31-17)25(29)30-3/h4-6,8,10-11,15H,7,9,12-13H2,1-3H3. The van der Waals surface area contributed by atoms with Gasteiger partial charge in [-0.15, -0.1) is 11.3 Å². The van der Waals surface area contributed by atoms with Gasteiger partial charge in [-0.3, -0.25) is 9.36 Å². The number of benzene rings is 1. The van der Waals surface area contributed by atoms with Crippen LogP contribution in [-0.4, -0.2) is 22.6 Å². The zero-order valence-electron chi connectivity index (χ0n) is 18.3. The van der Waals surface area contributed by atoms with Crippen molar-refractivity contribution in [1.82, 2.24) is 9.55 Å². The Labute approximate surface area is 189 Å². The predicted octanol–water partition coefficient (Wildman–Crippen LogP) is 4.99. The molecule has 0 fully saturated rings. The van der Waals surface area contributed by atoms with E-state index < -0.39 is 5.97 Å². The third-order valence-electron chi connectivity index (χ3n) is 6.05. The van der Waals surface area contributed by atoms with Crippen LogP contribution in [-0.2, 0) is 24.1 Å². The molecule has 0 radical (unpaired) electrons. The van der Waals surface area contributed by atoms with Gasteiger partial charge >= 0.3 is 5.97 Å². The Bertz CT molecular complexity index is 1390. The van der Waals surface area contributed by atoms with Crippen molar-refractivity contribution in [2.45, 2.75) is 39.7 Å². The smallest absolute Gasteiger partial charge is 0.373 e. The zero-order chi connectivity index (χ0) is 22.4. The molecule has 0 saturated carbocycles. The number of carbonyl (C=O) groups excluding carboxylic acids is 1. The van der Waals surface area contributed by atoms with Gasteiger partial charge in [0, 0.05) is 10.4 Å². The molecule has 0 N–H and O–H groups in total. The Balaban J connectivity index is 1.70. The third kappa shape index (κ3) is 3.56. The van der Waals surface area contributed by atoms with Crippen LogP contribution in [0.4, 0.5) is 0 Å². The van der Waals surface area contributed by atoms with Gasteiger partial charge in [0.25, 0.3) is 5.56 Å². The van der Waals surface area contributed by atoms with Crippen molar-refractivity contribution in [1.29, 1.82) is 0 Å². The van der Waals surface area contributed by atoms with Crippen molar-refractivity contribution in [3.63, 3.8) is 0 Å². The van der Waals surface area contributed by atoms with Gasteiger partial charge in [-0.05, 0) is 55.9 Å². The minimum Gasteiger partial charge on any atom is -0.463 e. The number of rotatable bonds is 4. The fourth-order valence-corrected chi connectivity index (χ4v) is 5.78. The first-order valence-electron chi connectivity index (χ1n) is 10.7. The molecule has 5 rings (SSSR count). The molecule has 0 saturated heterocycles. The average Bonchev–Trinajstić information content (AvgIpc) is 3.39. The molecule has 3 heterocycles.